The van der Waals surface area contributed by atoms with Crippen LogP contribution in [0.15, 0.2) is 30.8 Å². The Morgan fingerprint density at radius 1 is 1.37 bits per heavy atom. The van der Waals surface area contributed by atoms with E-state index in [0.717, 1.165) is 25.3 Å². The van der Waals surface area contributed by atoms with Crippen molar-refractivity contribution in [2.75, 3.05) is 19.9 Å². The Morgan fingerprint density at radius 2 is 2.11 bits per heavy atom. The molecule has 2 nitrogen and oxygen atoms in total. The Kier molecular flexibility index (Phi) is 7.71. The molecule has 1 radical (unpaired) electrons. The largest absolute Gasteiger partial charge is 0.414 e. The first-order valence-electron chi connectivity index (χ1n) is 6.90. The summed E-state index contributed by atoms with van der Waals surface area (Å²) < 4.78 is 11.3. The molecule has 1 aromatic carbocycles. The Balaban J connectivity index is 2.58. The maximum atomic E-state index is 6.08. The van der Waals surface area contributed by atoms with Crippen LogP contribution in [0.25, 0.3) is 6.08 Å². The molecule has 0 amide bonds. The van der Waals surface area contributed by atoms with Crippen LogP contribution in [0.1, 0.15) is 37.3 Å². The van der Waals surface area contributed by atoms with Crippen LogP contribution in [0.5, 0.6) is 0 Å². The van der Waals surface area contributed by atoms with Crippen molar-refractivity contribution in [3.8, 4) is 0 Å². The third-order valence-electron chi connectivity index (χ3n) is 3.12. The molecule has 1 rings (SSSR count). The average molecular weight is 277 g/mol. The van der Waals surface area contributed by atoms with Crippen molar-refractivity contribution in [3.63, 3.8) is 0 Å². The predicted molar refractivity (Wildman–Crippen MR) is 83.6 cm³/mol. The van der Waals surface area contributed by atoms with E-state index in [-0.39, 0.29) is 0 Å². The van der Waals surface area contributed by atoms with Crippen molar-refractivity contribution in [2.45, 2.75) is 32.2 Å². The van der Waals surface area contributed by atoms with Gasteiger partial charge in [0.05, 0.1) is 6.23 Å². The molecule has 0 fully saturated rings. The second-order valence-corrected chi connectivity index (χ2v) is 6.92. The van der Waals surface area contributed by atoms with Gasteiger partial charge in [-0.2, -0.15) is 0 Å². The zero-order valence-corrected chi connectivity index (χ0v) is 13.3. The molecular weight excluding hydrogens is 252 g/mol. The lowest BCUT2D eigenvalue weighted by atomic mass is 9.96. The molecule has 0 bridgehead atoms. The van der Waals surface area contributed by atoms with Crippen LogP contribution in [0.4, 0.5) is 0 Å². The summed E-state index contributed by atoms with van der Waals surface area (Å²) in [5.74, 6) is 0.392. The lowest BCUT2D eigenvalue weighted by Gasteiger charge is -2.19. The maximum absolute atomic E-state index is 6.08. The smallest absolute Gasteiger partial charge is 0.238 e. The summed E-state index contributed by atoms with van der Waals surface area (Å²) in [6.07, 6.45) is 3.85. The molecule has 19 heavy (non-hydrogen) atoms. The fourth-order valence-corrected chi connectivity index (χ4v) is 3.84. The van der Waals surface area contributed by atoms with Gasteiger partial charge in [-0.3, -0.25) is 0 Å². The van der Waals surface area contributed by atoms with Crippen molar-refractivity contribution >= 4 is 15.1 Å². The molecule has 1 aromatic rings. The summed E-state index contributed by atoms with van der Waals surface area (Å²) in [4.78, 5) is 0. The molecule has 105 valence electrons. The molecule has 0 aliphatic carbocycles. The highest BCUT2D eigenvalue weighted by Crippen LogP contribution is 2.21. The van der Waals surface area contributed by atoms with E-state index in [2.05, 4.69) is 38.6 Å². The fourth-order valence-electron chi connectivity index (χ4n) is 2.10. The number of hydrogen-bond acceptors (Lipinski definition) is 2. The first-order valence-corrected chi connectivity index (χ1v) is 8.72. The van der Waals surface area contributed by atoms with E-state index >= 15 is 0 Å². The van der Waals surface area contributed by atoms with E-state index in [1.54, 1.807) is 7.11 Å². The van der Waals surface area contributed by atoms with Crippen molar-refractivity contribution in [2.24, 2.45) is 0 Å². The topological polar surface area (TPSA) is 18.5 Å². The summed E-state index contributed by atoms with van der Waals surface area (Å²) >= 11 is 0. The summed E-state index contributed by atoms with van der Waals surface area (Å²) in [6.45, 7) is 9.04. The van der Waals surface area contributed by atoms with Crippen LogP contribution >= 0.6 is 0 Å². The number of benzene rings is 1. The Hall–Kier alpha value is -0.903. The highest BCUT2D eigenvalue weighted by atomic mass is 28.3. The van der Waals surface area contributed by atoms with Gasteiger partial charge >= 0.3 is 0 Å². The van der Waals surface area contributed by atoms with Crippen molar-refractivity contribution < 1.29 is 9.16 Å². The molecule has 1 atom stereocenters. The minimum Gasteiger partial charge on any atom is -0.414 e. The zero-order valence-electron chi connectivity index (χ0n) is 12.3. The Bertz CT molecular complexity index is 373. The number of rotatable bonds is 9. The number of hydrogen-bond donors (Lipinski definition) is 0. The molecule has 0 aliphatic heterocycles. The molecular formula is C16H25O2Si. The van der Waals surface area contributed by atoms with E-state index in [1.165, 1.54) is 11.1 Å². The van der Waals surface area contributed by atoms with E-state index in [1.807, 2.05) is 12.1 Å². The highest BCUT2D eigenvalue weighted by molar-refractivity contribution is 6.51. The predicted octanol–water partition coefficient (Wildman–Crippen LogP) is 4.04. The molecule has 0 heterocycles. The van der Waals surface area contributed by atoms with Gasteiger partial charge in [0.2, 0.25) is 9.04 Å². The van der Waals surface area contributed by atoms with Gasteiger partial charge in [-0.25, -0.2) is 0 Å². The molecule has 0 saturated carbocycles. The van der Waals surface area contributed by atoms with Crippen LogP contribution < -0.4 is 0 Å². The van der Waals surface area contributed by atoms with Gasteiger partial charge in [0, 0.05) is 19.6 Å². The molecule has 0 saturated heterocycles. The minimum absolute atomic E-state index is 0.392. The summed E-state index contributed by atoms with van der Waals surface area (Å²) in [5.41, 5.74) is 2.52. The quantitative estimate of drug-likeness (QED) is 0.634. The average Bonchev–Trinajstić information content (AvgIpc) is 2.44. The summed E-state index contributed by atoms with van der Waals surface area (Å²) in [7, 11) is 0.934. The summed E-state index contributed by atoms with van der Waals surface area (Å²) in [5, 5.41) is 0. The van der Waals surface area contributed by atoms with Crippen LogP contribution in [0.2, 0.25) is 6.04 Å². The van der Waals surface area contributed by atoms with Crippen molar-refractivity contribution in [1.29, 1.82) is 0 Å². The van der Waals surface area contributed by atoms with Crippen molar-refractivity contribution in [1.82, 2.24) is 0 Å². The third-order valence-corrected chi connectivity index (χ3v) is 5.36. The van der Waals surface area contributed by atoms with Gasteiger partial charge in [0.25, 0.3) is 0 Å². The zero-order chi connectivity index (χ0) is 14.1. The Labute approximate surface area is 119 Å². The van der Waals surface area contributed by atoms with E-state index in [4.69, 9.17) is 9.16 Å². The van der Waals surface area contributed by atoms with Gasteiger partial charge in [-0.15, -0.1) is 0 Å². The maximum Gasteiger partial charge on any atom is 0.238 e. The van der Waals surface area contributed by atoms with Crippen LogP contribution in [0.3, 0.4) is 0 Å². The first kappa shape index (κ1) is 16.2. The molecule has 1 unspecified atom stereocenters. The lowest BCUT2D eigenvalue weighted by Crippen LogP contribution is -2.26. The summed E-state index contributed by atoms with van der Waals surface area (Å²) in [6, 6.07) is 9.53. The molecule has 0 aromatic heterocycles. The number of ether oxygens (including phenoxy) is 1. The third kappa shape index (κ3) is 5.31. The Morgan fingerprint density at radius 3 is 2.74 bits per heavy atom. The fraction of sp³-hybridized carbons (Fsp3) is 0.500. The molecule has 0 aliphatic rings. The SMILES string of the molecule is C=Cc1ccccc1C(C)CO[Si](CCC)COC. The van der Waals surface area contributed by atoms with Gasteiger partial charge < -0.3 is 9.16 Å². The molecule has 0 N–H and O–H groups in total. The van der Waals surface area contributed by atoms with E-state index in [9.17, 15) is 0 Å². The first-order chi connectivity index (χ1) is 9.22. The monoisotopic (exact) mass is 277 g/mol. The van der Waals surface area contributed by atoms with E-state index in [0.29, 0.717) is 5.92 Å². The van der Waals surface area contributed by atoms with Gasteiger partial charge in [-0.05, 0) is 17.2 Å². The standard InChI is InChI=1S/C16H25O2Si/c1-5-11-19(13-17-4)18-12-14(3)16-10-8-7-9-15(16)6-2/h6-10,14H,2,5,11-13H2,1,3-4H3. The van der Waals surface area contributed by atoms with Crippen molar-refractivity contribution in [3.05, 3.63) is 42.0 Å². The van der Waals surface area contributed by atoms with Crippen LogP contribution in [-0.4, -0.2) is 29.0 Å². The second kappa shape index (κ2) is 9.07. The lowest BCUT2D eigenvalue weighted by molar-refractivity contribution is 0.212. The normalized spacial score (nSPS) is 12.6. The molecule has 0 spiro atoms. The van der Waals surface area contributed by atoms with E-state index < -0.39 is 9.04 Å². The highest BCUT2D eigenvalue weighted by Gasteiger charge is 2.15. The van der Waals surface area contributed by atoms with Gasteiger partial charge in [0.15, 0.2) is 0 Å². The van der Waals surface area contributed by atoms with Crippen LogP contribution in [0, 0.1) is 0 Å². The van der Waals surface area contributed by atoms with Gasteiger partial charge in [0.1, 0.15) is 0 Å². The second-order valence-electron chi connectivity index (χ2n) is 4.77. The van der Waals surface area contributed by atoms with Crippen LogP contribution in [-0.2, 0) is 9.16 Å². The molecule has 3 heteroatoms. The minimum atomic E-state index is -0.816. The number of methoxy groups -OCH3 is 1. The van der Waals surface area contributed by atoms with Gasteiger partial charge in [-0.1, -0.05) is 57.2 Å².